The number of nitrogens with zero attached hydrogens (tertiary/aromatic N) is 2. The van der Waals surface area contributed by atoms with Crippen LogP contribution >= 0.6 is 15.9 Å². The third-order valence-corrected chi connectivity index (χ3v) is 4.34. The SMILES string of the molecule is CCN(CCC(N)c1ccccc1Br)Cc1ccccn1. The average molecular weight is 348 g/mol. The van der Waals surface area contributed by atoms with Crippen molar-refractivity contribution in [3.8, 4) is 0 Å². The van der Waals surface area contributed by atoms with E-state index < -0.39 is 0 Å². The molecule has 1 atom stereocenters. The first-order valence-electron chi connectivity index (χ1n) is 7.33. The lowest BCUT2D eigenvalue weighted by atomic mass is 10.0. The van der Waals surface area contributed by atoms with Crippen LogP contribution in [-0.2, 0) is 6.54 Å². The second-order valence-electron chi connectivity index (χ2n) is 5.11. The Morgan fingerprint density at radius 2 is 1.95 bits per heavy atom. The van der Waals surface area contributed by atoms with Gasteiger partial charge in [-0.1, -0.05) is 47.1 Å². The highest BCUT2D eigenvalue weighted by molar-refractivity contribution is 9.10. The Balaban J connectivity index is 1.90. The summed E-state index contributed by atoms with van der Waals surface area (Å²) in [6, 6.07) is 14.3. The third-order valence-electron chi connectivity index (χ3n) is 3.62. The molecule has 0 saturated carbocycles. The molecule has 4 heteroatoms. The maximum atomic E-state index is 6.32. The minimum atomic E-state index is 0.0540. The molecule has 3 nitrogen and oxygen atoms in total. The van der Waals surface area contributed by atoms with Gasteiger partial charge in [-0.05, 0) is 36.7 Å². The van der Waals surface area contributed by atoms with E-state index in [9.17, 15) is 0 Å². The van der Waals surface area contributed by atoms with Crippen LogP contribution in [0.5, 0.6) is 0 Å². The van der Waals surface area contributed by atoms with E-state index >= 15 is 0 Å². The molecule has 2 aromatic rings. The Morgan fingerprint density at radius 3 is 2.62 bits per heavy atom. The highest BCUT2D eigenvalue weighted by atomic mass is 79.9. The minimum Gasteiger partial charge on any atom is -0.324 e. The van der Waals surface area contributed by atoms with E-state index in [0.29, 0.717) is 0 Å². The van der Waals surface area contributed by atoms with Crippen molar-refractivity contribution in [2.24, 2.45) is 5.73 Å². The Bertz CT molecular complexity index is 545. The highest BCUT2D eigenvalue weighted by Gasteiger charge is 2.12. The van der Waals surface area contributed by atoms with Gasteiger partial charge < -0.3 is 5.73 Å². The Hall–Kier alpha value is -1.23. The van der Waals surface area contributed by atoms with Gasteiger partial charge >= 0.3 is 0 Å². The average Bonchev–Trinajstić information content (AvgIpc) is 2.52. The summed E-state index contributed by atoms with van der Waals surface area (Å²) in [5, 5.41) is 0. The lowest BCUT2D eigenvalue weighted by Gasteiger charge is -2.22. The molecule has 1 unspecified atom stereocenters. The number of halogens is 1. The smallest absolute Gasteiger partial charge is 0.0543 e. The molecule has 2 N–H and O–H groups in total. The molecule has 2 rings (SSSR count). The second kappa shape index (κ2) is 8.27. The molecular weight excluding hydrogens is 326 g/mol. The van der Waals surface area contributed by atoms with Crippen LogP contribution in [0.1, 0.15) is 30.6 Å². The Kier molecular flexibility index (Phi) is 6.36. The van der Waals surface area contributed by atoms with E-state index in [0.717, 1.165) is 36.2 Å². The van der Waals surface area contributed by atoms with E-state index in [1.165, 1.54) is 5.56 Å². The van der Waals surface area contributed by atoms with Crippen molar-refractivity contribution in [3.63, 3.8) is 0 Å². The van der Waals surface area contributed by atoms with Gasteiger partial charge in [0.25, 0.3) is 0 Å². The zero-order chi connectivity index (χ0) is 15.1. The van der Waals surface area contributed by atoms with Crippen LogP contribution < -0.4 is 5.73 Å². The number of nitrogens with two attached hydrogens (primary N) is 1. The van der Waals surface area contributed by atoms with Gasteiger partial charge in [0.15, 0.2) is 0 Å². The summed E-state index contributed by atoms with van der Waals surface area (Å²) in [5.74, 6) is 0. The Labute approximate surface area is 135 Å². The van der Waals surface area contributed by atoms with Gasteiger partial charge in [-0.15, -0.1) is 0 Å². The van der Waals surface area contributed by atoms with Crippen LogP contribution in [0, 0.1) is 0 Å². The zero-order valence-corrected chi connectivity index (χ0v) is 14.0. The number of benzene rings is 1. The van der Waals surface area contributed by atoms with E-state index in [2.05, 4.69) is 44.9 Å². The first kappa shape index (κ1) is 16.1. The largest absolute Gasteiger partial charge is 0.324 e. The summed E-state index contributed by atoms with van der Waals surface area (Å²) in [7, 11) is 0. The second-order valence-corrected chi connectivity index (χ2v) is 5.96. The molecule has 0 radical (unpaired) electrons. The van der Waals surface area contributed by atoms with Gasteiger partial charge in [0.2, 0.25) is 0 Å². The van der Waals surface area contributed by atoms with Crippen molar-refractivity contribution in [3.05, 3.63) is 64.4 Å². The molecule has 1 aromatic heterocycles. The minimum absolute atomic E-state index is 0.0540. The predicted molar refractivity (Wildman–Crippen MR) is 90.9 cm³/mol. The van der Waals surface area contributed by atoms with E-state index in [4.69, 9.17) is 5.73 Å². The van der Waals surface area contributed by atoms with Crippen molar-refractivity contribution in [1.82, 2.24) is 9.88 Å². The Morgan fingerprint density at radius 1 is 1.19 bits per heavy atom. The van der Waals surface area contributed by atoms with Crippen molar-refractivity contribution < 1.29 is 0 Å². The van der Waals surface area contributed by atoms with Gasteiger partial charge in [-0.2, -0.15) is 0 Å². The first-order valence-corrected chi connectivity index (χ1v) is 8.12. The van der Waals surface area contributed by atoms with E-state index in [1.54, 1.807) is 0 Å². The standard InChI is InChI=1S/C17H22BrN3/c1-2-21(13-14-7-5-6-11-20-14)12-10-17(19)15-8-3-4-9-16(15)18/h3-9,11,17H,2,10,12-13,19H2,1H3. The maximum absolute atomic E-state index is 6.32. The molecule has 0 spiro atoms. The first-order chi connectivity index (χ1) is 10.2. The summed E-state index contributed by atoms with van der Waals surface area (Å²) in [4.78, 5) is 6.76. The molecule has 112 valence electrons. The van der Waals surface area contributed by atoms with Crippen LogP contribution in [0.3, 0.4) is 0 Å². The van der Waals surface area contributed by atoms with Gasteiger partial charge in [-0.25, -0.2) is 0 Å². The third kappa shape index (κ3) is 4.92. The molecule has 1 heterocycles. The topological polar surface area (TPSA) is 42.1 Å². The fourth-order valence-electron chi connectivity index (χ4n) is 2.32. The van der Waals surface area contributed by atoms with Crippen molar-refractivity contribution >= 4 is 15.9 Å². The highest BCUT2D eigenvalue weighted by Crippen LogP contribution is 2.23. The maximum Gasteiger partial charge on any atom is 0.0543 e. The van der Waals surface area contributed by atoms with Crippen molar-refractivity contribution in [1.29, 1.82) is 0 Å². The molecule has 0 saturated heterocycles. The van der Waals surface area contributed by atoms with E-state index in [-0.39, 0.29) is 6.04 Å². The molecule has 0 aliphatic carbocycles. The number of hydrogen-bond donors (Lipinski definition) is 1. The number of rotatable bonds is 7. The summed E-state index contributed by atoms with van der Waals surface area (Å²) in [5.41, 5.74) is 8.60. The van der Waals surface area contributed by atoms with Gasteiger partial charge in [0.05, 0.1) is 5.69 Å². The molecule has 0 amide bonds. The quantitative estimate of drug-likeness (QED) is 0.829. The van der Waals surface area contributed by atoms with Crippen molar-refractivity contribution in [2.45, 2.75) is 25.9 Å². The van der Waals surface area contributed by atoms with Gasteiger partial charge in [-0.3, -0.25) is 9.88 Å². The number of hydrogen-bond acceptors (Lipinski definition) is 3. The fraction of sp³-hybridized carbons (Fsp3) is 0.353. The van der Waals surface area contributed by atoms with Crippen LogP contribution in [0.15, 0.2) is 53.1 Å². The van der Waals surface area contributed by atoms with Gasteiger partial charge in [0, 0.05) is 29.8 Å². The molecule has 0 aliphatic heterocycles. The van der Waals surface area contributed by atoms with Crippen molar-refractivity contribution in [2.75, 3.05) is 13.1 Å². The van der Waals surface area contributed by atoms with Crippen LogP contribution in [0.2, 0.25) is 0 Å². The molecule has 21 heavy (non-hydrogen) atoms. The lowest BCUT2D eigenvalue weighted by Crippen LogP contribution is -2.27. The molecule has 1 aromatic carbocycles. The molecule has 0 aliphatic rings. The number of pyridine rings is 1. The monoisotopic (exact) mass is 347 g/mol. The predicted octanol–water partition coefficient (Wildman–Crippen LogP) is 3.76. The molecule has 0 bridgehead atoms. The zero-order valence-electron chi connectivity index (χ0n) is 12.4. The summed E-state index contributed by atoms with van der Waals surface area (Å²) < 4.78 is 1.09. The van der Waals surface area contributed by atoms with E-state index in [1.807, 2.05) is 36.5 Å². The molecular formula is C17H22BrN3. The van der Waals surface area contributed by atoms with Crippen LogP contribution in [-0.4, -0.2) is 23.0 Å². The van der Waals surface area contributed by atoms with Gasteiger partial charge in [0.1, 0.15) is 0 Å². The van der Waals surface area contributed by atoms with Crippen LogP contribution in [0.25, 0.3) is 0 Å². The van der Waals surface area contributed by atoms with Crippen LogP contribution in [0.4, 0.5) is 0 Å². The lowest BCUT2D eigenvalue weighted by molar-refractivity contribution is 0.265. The summed E-state index contributed by atoms with van der Waals surface area (Å²) in [6.07, 6.45) is 2.78. The summed E-state index contributed by atoms with van der Waals surface area (Å²) in [6.45, 7) is 5.02. The molecule has 0 fully saturated rings. The normalized spacial score (nSPS) is 12.6. The summed E-state index contributed by atoms with van der Waals surface area (Å²) >= 11 is 3.57. The fourth-order valence-corrected chi connectivity index (χ4v) is 2.90. The number of aromatic nitrogens is 1.